The van der Waals surface area contributed by atoms with E-state index in [1.54, 1.807) is 0 Å². The summed E-state index contributed by atoms with van der Waals surface area (Å²) in [6, 6.07) is 0. The first-order chi connectivity index (χ1) is 9.71. The van der Waals surface area contributed by atoms with Crippen molar-refractivity contribution in [2.75, 3.05) is 13.2 Å². The van der Waals surface area contributed by atoms with E-state index in [1.807, 2.05) is 0 Å². The van der Waals surface area contributed by atoms with Crippen molar-refractivity contribution in [3.8, 4) is 0 Å². The van der Waals surface area contributed by atoms with Crippen molar-refractivity contribution in [3.05, 3.63) is 0 Å². The number of carbonyl (C=O) groups excluding carboxylic acids is 4. The van der Waals surface area contributed by atoms with Gasteiger partial charge in [0.05, 0.1) is 19.6 Å². The summed E-state index contributed by atoms with van der Waals surface area (Å²) >= 11 is 0. The predicted molar refractivity (Wildman–Crippen MR) is 71.1 cm³/mol. The average Bonchev–Trinajstić information content (AvgIpc) is 2.37. The number of nitrogens with one attached hydrogen (secondary N) is 1. The highest BCUT2D eigenvalue weighted by Crippen LogP contribution is 2.18. The van der Waals surface area contributed by atoms with Crippen LogP contribution < -0.4 is 5.32 Å². The van der Waals surface area contributed by atoms with E-state index in [4.69, 9.17) is 9.47 Å². The molecule has 0 aromatic rings. The van der Waals surface area contributed by atoms with Crippen LogP contribution in [0.1, 0.15) is 34.1 Å². The minimum atomic E-state index is -2.29. The van der Waals surface area contributed by atoms with Crippen LogP contribution in [0.5, 0.6) is 0 Å². The number of esters is 2. The lowest BCUT2D eigenvalue weighted by Crippen LogP contribution is -2.62. The van der Waals surface area contributed by atoms with Gasteiger partial charge in [0, 0.05) is 6.92 Å². The zero-order valence-electron chi connectivity index (χ0n) is 12.6. The molecule has 0 aromatic carbocycles. The minimum absolute atomic E-state index is 0.0531. The fourth-order valence-corrected chi connectivity index (χ4v) is 1.59. The van der Waals surface area contributed by atoms with Gasteiger partial charge in [-0.25, -0.2) is 9.59 Å². The Morgan fingerprint density at radius 1 is 1.10 bits per heavy atom. The fourth-order valence-electron chi connectivity index (χ4n) is 1.59. The first-order valence-corrected chi connectivity index (χ1v) is 6.55. The highest BCUT2D eigenvalue weighted by atomic mass is 16.6. The number of hydrogen-bond acceptors (Lipinski definition) is 7. The largest absolute Gasteiger partial charge is 0.464 e. The monoisotopic (exact) mass is 303 g/mol. The van der Waals surface area contributed by atoms with Gasteiger partial charge in [0.1, 0.15) is 6.10 Å². The van der Waals surface area contributed by atoms with E-state index in [0.717, 1.165) is 6.92 Å². The molecule has 0 fully saturated rings. The van der Waals surface area contributed by atoms with E-state index in [-0.39, 0.29) is 13.2 Å². The van der Waals surface area contributed by atoms with Crippen molar-refractivity contribution in [2.24, 2.45) is 0 Å². The molecule has 0 saturated heterocycles. The number of Topliss-reactive ketones (excluding diaryl/α,β-unsaturated/α-hetero) is 1. The topological polar surface area (TPSA) is 119 Å². The first-order valence-electron chi connectivity index (χ1n) is 6.55. The highest BCUT2D eigenvalue weighted by Gasteiger charge is 2.51. The molecule has 1 unspecified atom stereocenters. The summed E-state index contributed by atoms with van der Waals surface area (Å²) in [5.74, 6) is -3.72. The Morgan fingerprint density at radius 3 is 1.81 bits per heavy atom. The van der Waals surface area contributed by atoms with E-state index in [2.05, 4.69) is 5.32 Å². The van der Waals surface area contributed by atoms with Crippen LogP contribution in [0.4, 0.5) is 0 Å². The van der Waals surface area contributed by atoms with Crippen LogP contribution in [0.2, 0.25) is 0 Å². The Bertz CT molecular complexity index is 399. The molecule has 0 spiro atoms. The van der Waals surface area contributed by atoms with Gasteiger partial charge >= 0.3 is 11.9 Å². The Balaban J connectivity index is 5.70. The van der Waals surface area contributed by atoms with Crippen molar-refractivity contribution in [3.63, 3.8) is 0 Å². The molecule has 0 bridgehead atoms. The van der Waals surface area contributed by atoms with Gasteiger partial charge in [0.15, 0.2) is 5.78 Å². The van der Waals surface area contributed by atoms with Gasteiger partial charge in [0.25, 0.3) is 0 Å². The lowest BCUT2D eigenvalue weighted by atomic mass is 9.90. The van der Waals surface area contributed by atoms with E-state index >= 15 is 0 Å². The second kappa shape index (κ2) is 8.35. The summed E-state index contributed by atoms with van der Waals surface area (Å²) < 4.78 is 9.54. The summed E-state index contributed by atoms with van der Waals surface area (Å²) in [6.07, 6.45) is -2.15. The quantitative estimate of drug-likeness (QED) is 0.450. The number of aliphatic hydroxyl groups excluding tert-OH is 1. The van der Waals surface area contributed by atoms with Crippen molar-refractivity contribution >= 4 is 23.6 Å². The molecule has 0 aliphatic rings. The third kappa shape index (κ3) is 5.14. The summed E-state index contributed by atoms with van der Waals surface area (Å²) in [5, 5.41) is 11.4. The van der Waals surface area contributed by atoms with Crippen molar-refractivity contribution in [1.82, 2.24) is 5.32 Å². The van der Waals surface area contributed by atoms with Crippen LogP contribution >= 0.6 is 0 Å². The molecule has 0 radical (unpaired) electrons. The van der Waals surface area contributed by atoms with Crippen LogP contribution in [0, 0.1) is 0 Å². The van der Waals surface area contributed by atoms with Gasteiger partial charge in [-0.15, -0.1) is 0 Å². The summed E-state index contributed by atoms with van der Waals surface area (Å²) in [7, 11) is 0. The first kappa shape index (κ1) is 19.0. The molecule has 8 nitrogen and oxygen atoms in total. The summed E-state index contributed by atoms with van der Waals surface area (Å²) in [4.78, 5) is 47.3. The van der Waals surface area contributed by atoms with E-state index < -0.39 is 41.7 Å². The molecule has 0 aromatic heterocycles. The van der Waals surface area contributed by atoms with Gasteiger partial charge in [-0.3, -0.25) is 9.59 Å². The molecule has 21 heavy (non-hydrogen) atoms. The molecular formula is C13H21NO7. The smallest absolute Gasteiger partial charge is 0.344 e. The second-order valence-corrected chi connectivity index (χ2v) is 4.35. The maximum absolute atomic E-state index is 12.1. The SMILES string of the molecule is CCOC(=O)C(CC(=O)C(C)O)(NC(C)=O)C(=O)OCC. The highest BCUT2D eigenvalue weighted by molar-refractivity contribution is 6.11. The molecule has 1 amide bonds. The van der Waals surface area contributed by atoms with Crippen LogP contribution in [0.25, 0.3) is 0 Å². The van der Waals surface area contributed by atoms with E-state index in [9.17, 15) is 24.3 Å². The molecule has 2 N–H and O–H groups in total. The zero-order chi connectivity index (χ0) is 16.6. The number of hydrogen-bond donors (Lipinski definition) is 2. The van der Waals surface area contributed by atoms with Crippen molar-refractivity contribution in [1.29, 1.82) is 0 Å². The third-order valence-corrected chi connectivity index (χ3v) is 2.54. The van der Waals surface area contributed by atoms with Gasteiger partial charge in [-0.05, 0) is 20.8 Å². The van der Waals surface area contributed by atoms with Crippen LogP contribution in [0.3, 0.4) is 0 Å². The van der Waals surface area contributed by atoms with Crippen LogP contribution in [-0.2, 0) is 28.7 Å². The van der Waals surface area contributed by atoms with E-state index in [0.29, 0.717) is 0 Å². The number of amides is 1. The van der Waals surface area contributed by atoms with Crippen molar-refractivity contribution in [2.45, 2.75) is 45.8 Å². The normalized spacial score (nSPS) is 12.2. The average molecular weight is 303 g/mol. The minimum Gasteiger partial charge on any atom is -0.464 e. The lowest BCUT2D eigenvalue weighted by Gasteiger charge is -2.29. The second-order valence-electron chi connectivity index (χ2n) is 4.35. The Hall–Kier alpha value is -1.96. The van der Waals surface area contributed by atoms with Gasteiger partial charge < -0.3 is 19.9 Å². The molecule has 0 saturated carbocycles. The van der Waals surface area contributed by atoms with Gasteiger partial charge in [0.2, 0.25) is 11.4 Å². The number of carbonyl (C=O) groups is 4. The maximum Gasteiger partial charge on any atom is 0.344 e. The number of rotatable bonds is 8. The standard InChI is InChI=1S/C13H21NO7/c1-5-20-11(18)13(14-9(4)16,12(19)21-6-2)7-10(17)8(3)15/h8,15H,5-7H2,1-4H3,(H,14,16). The maximum atomic E-state index is 12.1. The Kier molecular flexibility index (Phi) is 7.57. The predicted octanol–water partition coefficient (Wildman–Crippen LogP) is -0.672. The molecule has 120 valence electrons. The molecule has 0 aliphatic carbocycles. The molecule has 8 heteroatoms. The third-order valence-electron chi connectivity index (χ3n) is 2.54. The molecular weight excluding hydrogens is 282 g/mol. The van der Waals surface area contributed by atoms with Gasteiger partial charge in [-0.2, -0.15) is 0 Å². The Morgan fingerprint density at radius 2 is 1.52 bits per heavy atom. The number of ether oxygens (including phenoxy) is 2. The zero-order valence-corrected chi connectivity index (χ0v) is 12.6. The van der Waals surface area contributed by atoms with Crippen molar-refractivity contribution < 1.29 is 33.8 Å². The van der Waals surface area contributed by atoms with Gasteiger partial charge in [-0.1, -0.05) is 0 Å². The molecule has 0 aliphatic heterocycles. The molecule has 0 heterocycles. The molecule has 0 rings (SSSR count). The number of ketones is 1. The number of aliphatic hydroxyl groups is 1. The van der Waals surface area contributed by atoms with E-state index in [1.165, 1.54) is 20.8 Å². The molecule has 1 atom stereocenters. The summed E-state index contributed by atoms with van der Waals surface area (Å²) in [5.41, 5.74) is -2.29. The summed E-state index contributed by atoms with van der Waals surface area (Å²) in [6.45, 7) is 5.19. The van der Waals surface area contributed by atoms with Crippen LogP contribution in [-0.4, -0.2) is 53.6 Å². The fraction of sp³-hybridized carbons (Fsp3) is 0.692. The lowest BCUT2D eigenvalue weighted by molar-refractivity contribution is -0.170. The van der Waals surface area contributed by atoms with Crippen LogP contribution in [0.15, 0.2) is 0 Å². The Labute approximate surface area is 122 Å².